The summed E-state index contributed by atoms with van der Waals surface area (Å²) >= 11 is 0. The van der Waals surface area contributed by atoms with E-state index in [4.69, 9.17) is 0 Å². The van der Waals surface area contributed by atoms with Crippen LogP contribution in [-0.2, 0) is 10.0 Å². The van der Waals surface area contributed by atoms with Crippen molar-refractivity contribution in [3.05, 3.63) is 29.3 Å². The molecule has 0 aromatic heterocycles. The number of nitrogens with one attached hydrogen (secondary N) is 1. The first-order valence-corrected chi connectivity index (χ1v) is 8.90. The number of hydrogen-bond acceptors (Lipinski definition) is 3. The Morgan fingerprint density at radius 1 is 1.18 bits per heavy atom. The van der Waals surface area contributed by atoms with Gasteiger partial charge in [0.15, 0.2) is 0 Å². The van der Waals surface area contributed by atoms with Crippen molar-refractivity contribution < 1.29 is 13.2 Å². The van der Waals surface area contributed by atoms with E-state index in [0.29, 0.717) is 37.6 Å². The number of amides is 2. The lowest BCUT2D eigenvalue weighted by atomic mass is 10.2. The Hall–Kier alpha value is -1.60. The summed E-state index contributed by atoms with van der Waals surface area (Å²) in [6.45, 7) is 7.59. The lowest BCUT2D eigenvalue weighted by Crippen LogP contribution is -2.53. The number of hydrogen-bond donors (Lipinski definition) is 1. The van der Waals surface area contributed by atoms with Gasteiger partial charge in [-0.3, -0.25) is 0 Å². The molecule has 0 unspecified atom stereocenters. The van der Waals surface area contributed by atoms with Crippen molar-refractivity contribution in [3.63, 3.8) is 0 Å². The Morgan fingerprint density at radius 3 is 2.41 bits per heavy atom. The molecule has 1 fully saturated rings. The molecular weight excluding hydrogens is 302 g/mol. The van der Waals surface area contributed by atoms with E-state index in [0.717, 1.165) is 11.1 Å². The van der Waals surface area contributed by atoms with E-state index in [1.165, 1.54) is 4.31 Å². The molecule has 7 heteroatoms. The molecule has 0 bridgehead atoms. The Kier molecular flexibility index (Phi) is 5.08. The Bertz CT molecular complexity index is 650. The predicted octanol–water partition coefficient (Wildman–Crippen LogP) is 1.34. The fourth-order valence-electron chi connectivity index (χ4n) is 2.52. The molecule has 122 valence electrons. The zero-order valence-electron chi connectivity index (χ0n) is 13.3. The summed E-state index contributed by atoms with van der Waals surface area (Å²) in [5.74, 6) is 0. The predicted molar refractivity (Wildman–Crippen MR) is 85.3 cm³/mol. The molecule has 1 aliphatic heterocycles. The zero-order chi connectivity index (χ0) is 16.3. The van der Waals surface area contributed by atoms with Crippen LogP contribution in [0.3, 0.4) is 0 Å². The summed E-state index contributed by atoms with van der Waals surface area (Å²) in [5.41, 5.74) is 1.67. The lowest BCUT2D eigenvalue weighted by Gasteiger charge is -2.34. The molecule has 2 amide bonds. The first-order valence-electron chi connectivity index (χ1n) is 7.46. The normalized spacial score (nSPS) is 16.6. The zero-order valence-corrected chi connectivity index (χ0v) is 14.1. The second kappa shape index (κ2) is 6.66. The van der Waals surface area contributed by atoms with Crippen molar-refractivity contribution in [1.29, 1.82) is 0 Å². The summed E-state index contributed by atoms with van der Waals surface area (Å²) in [4.78, 5) is 13.8. The number of urea groups is 1. The van der Waals surface area contributed by atoms with Crippen molar-refractivity contribution >= 4 is 16.1 Å². The highest BCUT2D eigenvalue weighted by Crippen LogP contribution is 2.22. The van der Waals surface area contributed by atoms with Crippen molar-refractivity contribution in [2.75, 3.05) is 32.7 Å². The molecule has 1 heterocycles. The highest BCUT2D eigenvalue weighted by atomic mass is 32.2. The number of carbonyl (C=O) groups is 1. The minimum atomic E-state index is -3.50. The molecule has 0 atom stereocenters. The smallest absolute Gasteiger partial charge is 0.317 e. The molecule has 1 N–H and O–H groups in total. The van der Waals surface area contributed by atoms with Crippen LogP contribution in [0.15, 0.2) is 23.1 Å². The maximum absolute atomic E-state index is 12.8. The molecule has 0 aliphatic carbocycles. The molecule has 0 radical (unpaired) electrons. The number of piperazine rings is 1. The highest BCUT2D eigenvalue weighted by molar-refractivity contribution is 7.89. The van der Waals surface area contributed by atoms with Gasteiger partial charge < -0.3 is 10.2 Å². The Morgan fingerprint density at radius 2 is 1.82 bits per heavy atom. The Balaban J connectivity index is 2.13. The third kappa shape index (κ3) is 3.41. The first kappa shape index (κ1) is 16.8. The topological polar surface area (TPSA) is 69.7 Å². The number of sulfonamides is 1. The van der Waals surface area contributed by atoms with Crippen LogP contribution in [0.2, 0.25) is 0 Å². The molecule has 2 rings (SSSR count). The highest BCUT2D eigenvalue weighted by Gasteiger charge is 2.30. The van der Waals surface area contributed by atoms with Crippen LogP contribution in [0.1, 0.15) is 18.1 Å². The minimum Gasteiger partial charge on any atom is -0.338 e. The van der Waals surface area contributed by atoms with E-state index in [9.17, 15) is 13.2 Å². The summed E-state index contributed by atoms with van der Waals surface area (Å²) < 4.78 is 27.0. The van der Waals surface area contributed by atoms with E-state index in [2.05, 4.69) is 5.32 Å². The van der Waals surface area contributed by atoms with Crippen LogP contribution in [0, 0.1) is 13.8 Å². The molecule has 1 aromatic carbocycles. The second-order valence-corrected chi connectivity index (χ2v) is 7.40. The van der Waals surface area contributed by atoms with Crippen LogP contribution in [0.4, 0.5) is 4.79 Å². The second-order valence-electron chi connectivity index (χ2n) is 5.50. The van der Waals surface area contributed by atoms with Gasteiger partial charge in [-0.25, -0.2) is 13.2 Å². The number of rotatable bonds is 3. The van der Waals surface area contributed by atoms with Gasteiger partial charge in [0.2, 0.25) is 10.0 Å². The van der Waals surface area contributed by atoms with E-state index in [1.54, 1.807) is 17.9 Å². The Labute approximate surface area is 132 Å². The van der Waals surface area contributed by atoms with E-state index in [-0.39, 0.29) is 6.03 Å². The van der Waals surface area contributed by atoms with E-state index >= 15 is 0 Å². The van der Waals surface area contributed by atoms with Crippen molar-refractivity contribution in [1.82, 2.24) is 14.5 Å². The fraction of sp³-hybridized carbons (Fsp3) is 0.533. The number of nitrogens with zero attached hydrogens (tertiary/aromatic N) is 2. The monoisotopic (exact) mass is 325 g/mol. The molecule has 1 saturated heterocycles. The van der Waals surface area contributed by atoms with Gasteiger partial charge >= 0.3 is 6.03 Å². The molecule has 0 spiro atoms. The maximum Gasteiger partial charge on any atom is 0.317 e. The van der Waals surface area contributed by atoms with Gasteiger partial charge in [0.1, 0.15) is 0 Å². The van der Waals surface area contributed by atoms with Crippen molar-refractivity contribution in [2.24, 2.45) is 0 Å². The van der Waals surface area contributed by atoms with Crippen LogP contribution in [-0.4, -0.2) is 56.4 Å². The van der Waals surface area contributed by atoms with Gasteiger partial charge in [0.05, 0.1) is 4.90 Å². The molecule has 6 nitrogen and oxygen atoms in total. The molecule has 22 heavy (non-hydrogen) atoms. The number of carbonyl (C=O) groups excluding carboxylic acids is 1. The van der Waals surface area contributed by atoms with Crippen LogP contribution in [0.25, 0.3) is 0 Å². The quantitative estimate of drug-likeness (QED) is 0.912. The van der Waals surface area contributed by atoms with Gasteiger partial charge in [-0.05, 0) is 38.0 Å². The average molecular weight is 325 g/mol. The van der Waals surface area contributed by atoms with Gasteiger partial charge in [-0.1, -0.05) is 12.1 Å². The van der Waals surface area contributed by atoms with Crippen LogP contribution >= 0.6 is 0 Å². The van der Waals surface area contributed by atoms with Crippen molar-refractivity contribution in [2.45, 2.75) is 25.7 Å². The van der Waals surface area contributed by atoms with Gasteiger partial charge in [-0.2, -0.15) is 4.31 Å². The molecule has 1 aliphatic rings. The standard InChI is InChI=1S/C15H23N3O3S/c1-4-16-15(19)17-7-9-18(10-8-17)22(20,21)14-11-12(2)5-6-13(14)3/h5-6,11H,4,7-10H2,1-3H3,(H,16,19). The average Bonchev–Trinajstić information content (AvgIpc) is 2.50. The van der Waals surface area contributed by atoms with E-state index < -0.39 is 10.0 Å². The maximum atomic E-state index is 12.8. The molecule has 0 saturated carbocycles. The van der Waals surface area contributed by atoms with E-state index in [1.807, 2.05) is 26.0 Å². The summed E-state index contributed by atoms with van der Waals surface area (Å²) in [5, 5.41) is 2.74. The summed E-state index contributed by atoms with van der Waals surface area (Å²) in [6.07, 6.45) is 0. The lowest BCUT2D eigenvalue weighted by molar-refractivity contribution is 0.173. The molecular formula is C15H23N3O3S. The number of benzene rings is 1. The SMILES string of the molecule is CCNC(=O)N1CCN(S(=O)(=O)c2cc(C)ccc2C)CC1. The van der Waals surface area contributed by atoms with Crippen LogP contribution < -0.4 is 5.32 Å². The van der Waals surface area contributed by atoms with Gasteiger partial charge in [0.25, 0.3) is 0 Å². The number of aryl methyl sites for hydroxylation is 2. The fourth-order valence-corrected chi connectivity index (χ4v) is 4.25. The third-order valence-electron chi connectivity index (χ3n) is 3.82. The van der Waals surface area contributed by atoms with Gasteiger partial charge in [-0.15, -0.1) is 0 Å². The van der Waals surface area contributed by atoms with Crippen molar-refractivity contribution in [3.8, 4) is 0 Å². The minimum absolute atomic E-state index is 0.133. The molecule has 1 aromatic rings. The van der Waals surface area contributed by atoms with Crippen LogP contribution in [0.5, 0.6) is 0 Å². The summed E-state index contributed by atoms with van der Waals surface area (Å²) in [7, 11) is -3.50. The summed E-state index contributed by atoms with van der Waals surface area (Å²) in [6, 6.07) is 5.31. The van der Waals surface area contributed by atoms with Gasteiger partial charge in [0, 0.05) is 32.7 Å². The third-order valence-corrected chi connectivity index (χ3v) is 5.86. The first-order chi connectivity index (χ1) is 10.4. The largest absolute Gasteiger partial charge is 0.338 e.